The van der Waals surface area contributed by atoms with Gasteiger partial charge >= 0.3 is 0 Å². The second kappa shape index (κ2) is 6.46. The molecule has 0 amide bonds. The topological polar surface area (TPSA) is 72.2 Å². The molecule has 0 aliphatic carbocycles. The van der Waals surface area contributed by atoms with Crippen molar-refractivity contribution in [3.8, 4) is 0 Å². The van der Waals surface area contributed by atoms with Gasteiger partial charge in [-0.1, -0.05) is 35.0 Å². The van der Waals surface area contributed by atoms with Crippen molar-refractivity contribution in [1.29, 1.82) is 0 Å². The molecule has 0 saturated heterocycles. The van der Waals surface area contributed by atoms with Crippen LogP contribution in [0, 0.1) is 0 Å². The summed E-state index contributed by atoms with van der Waals surface area (Å²) in [6, 6.07) is 9.86. The minimum atomic E-state index is -3.56. The number of anilines is 1. The maximum Gasteiger partial charge on any atom is 0.242 e. The Hall–Kier alpha value is -0.920. The highest BCUT2D eigenvalue weighted by Crippen LogP contribution is 2.36. The van der Waals surface area contributed by atoms with Gasteiger partial charge in [-0.2, -0.15) is 0 Å². The molecule has 0 unspecified atom stereocenters. The summed E-state index contributed by atoms with van der Waals surface area (Å²) in [5.41, 5.74) is 5.99. The number of nitrogens with two attached hydrogens (primary N) is 1. The van der Waals surface area contributed by atoms with Crippen LogP contribution in [0.5, 0.6) is 0 Å². The second-order valence-corrected chi connectivity index (χ2v) is 7.90. The normalized spacial score (nSPS) is 11.6. The molecule has 3 N–H and O–H groups in total. The van der Waals surface area contributed by atoms with Gasteiger partial charge in [-0.05, 0) is 43.4 Å². The fourth-order valence-corrected chi connectivity index (χ4v) is 3.86. The summed E-state index contributed by atoms with van der Waals surface area (Å²) in [6.45, 7) is 0. The van der Waals surface area contributed by atoms with Gasteiger partial charge in [-0.3, -0.25) is 0 Å². The standard InChI is InChI=1S/C13H12Cl2N2O2S2/c1-17-21(18,19)13-5-3-9(7-11(13)16)20-12-6-8(14)2-4-10(12)15/h2-7,17H,16H2,1H3. The van der Waals surface area contributed by atoms with Gasteiger partial charge in [0.25, 0.3) is 0 Å². The first-order valence-electron chi connectivity index (χ1n) is 5.79. The molecule has 21 heavy (non-hydrogen) atoms. The minimum Gasteiger partial charge on any atom is -0.398 e. The molecular formula is C13H12Cl2N2O2S2. The Morgan fingerprint density at radius 3 is 2.48 bits per heavy atom. The molecule has 0 atom stereocenters. The van der Waals surface area contributed by atoms with Gasteiger partial charge in [0.05, 0.1) is 10.7 Å². The molecule has 0 radical (unpaired) electrons. The van der Waals surface area contributed by atoms with Crippen LogP contribution in [0.15, 0.2) is 51.1 Å². The van der Waals surface area contributed by atoms with Gasteiger partial charge in [-0.15, -0.1) is 0 Å². The van der Waals surface area contributed by atoms with Gasteiger partial charge in [0, 0.05) is 14.8 Å². The van der Waals surface area contributed by atoms with Crippen molar-refractivity contribution >= 4 is 50.7 Å². The van der Waals surface area contributed by atoms with Crippen LogP contribution in [-0.4, -0.2) is 15.5 Å². The van der Waals surface area contributed by atoms with Crippen molar-refractivity contribution in [1.82, 2.24) is 4.72 Å². The van der Waals surface area contributed by atoms with E-state index < -0.39 is 10.0 Å². The van der Waals surface area contributed by atoms with Crippen molar-refractivity contribution in [2.45, 2.75) is 14.7 Å². The molecule has 8 heteroatoms. The zero-order chi connectivity index (χ0) is 15.6. The van der Waals surface area contributed by atoms with E-state index >= 15 is 0 Å². The molecule has 0 spiro atoms. The highest BCUT2D eigenvalue weighted by molar-refractivity contribution is 7.99. The SMILES string of the molecule is CNS(=O)(=O)c1ccc(Sc2cc(Cl)ccc2Cl)cc1N. The molecule has 0 aliphatic rings. The lowest BCUT2D eigenvalue weighted by Crippen LogP contribution is -2.19. The predicted octanol–water partition coefficient (Wildman–Crippen LogP) is 3.63. The Morgan fingerprint density at radius 2 is 1.86 bits per heavy atom. The summed E-state index contributed by atoms with van der Waals surface area (Å²) in [5.74, 6) is 0. The van der Waals surface area contributed by atoms with Crippen molar-refractivity contribution in [2.24, 2.45) is 0 Å². The first-order valence-corrected chi connectivity index (χ1v) is 8.85. The van der Waals surface area contributed by atoms with Gasteiger partial charge in [-0.25, -0.2) is 13.1 Å². The van der Waals surface area contributed by atoms with Crippen LogP contribution in [-0.2, 0) is 10.0 Å². The van der Waals surface area contributed by atoms with Crippen molar-refractivity contribution < 1.29 is 8.42 Å². The van der Waals surface area contributed by atoms with E-state index in [-0.39, 0.29) is 10.6 Å². The Bertz CT molecular complexity index is 780. The molecule has 0 aliphatic heterocycles. The quantitative estimate of drug-likeness (QED) is 0.814. The number of rotatable bonds is 4. The first-order chi connectivity index (χ1) is 9.83. The molecule has 0 bridgehead atoms. The van der Waals surface area contributed by atoms with E-state index in [9.17, 15) is 8.42 Å². The third-order valence-corrected chi connectivity index (χ3v) is 5.87. The van der Waals surface area contributed by atoms with E-state index in [1.807, 2.05) is 0 Å². The number of halogens is 2. The maximum absolute atomic E-state index is 11.8. The lowest BCUT2D eigenvalue weighted by Gasteiger charge is -2.09. The first kappa shape index (κ1) is 16.5. The van der Waals surface area contributed by atoms with Crippen molar-refractivity contribution in [3.63, 3.8) is 0 Å². The molecule has 4 nitrogen and oxygen atoms in total. The van der Waals surface area contributed by atoms with Crippen molar-refractivity contribution in [2.75, 3.05) is 12.8 Å². The minimum absolute atomic E-state index is 0.0477. The van der Waals surface area contributed by atoms with E-state index in [0.717, 1.165) is 9.79 Å². The number of nitrogens with one attached hydrogen (secondary N) is 1. The molecule has 0 heterocycles. The van der Waals surface area contributed by atoms with Crippen LogP contribution >= 0.6 is 35.0 Å². The summed E-state index contributed by atoms with van der Waals surface area (Å²) in [5, 5.41) is 1.14. The molecule has 2 aromatic rings. The van der Waals surface area contributed by atoms with Gasteiger partial charge in [0.15, 0.2) is 0 Å². The van der Waals surface area contributed by atoms with Crippen LogP contribution < -0.4 is 10.5 Å². The number of benzene rings is 2. The third kappa shape index (κ3) is 3.84. The molecule has 112 valence electrons. The summed E-state index contributed by atoms with van der Waals surface area (Å²) < 4.78 is 25.7. The van der Waals surface area contributed by atoms with Crippen LogP contribution in [0.3, 0.4) is 0 Å². The van der Waals surface area contributed by atoms with Gasteiger partial charge in [0.1, 0.15) is 4.90 Å². The predicted molar refractivity (Wildman–Crippen MR) is 87.7 cm³/mol. The Labute approximate surface area is 137 Å². The summed E-state index contributed by atoms with van der Waals surface area (Å²) in [7, 11) is -2.23. The zero-order valence-electron chi connectivity index (χ0n) is 10.9. The Morgan fingerprint density at radius 1 is 1.14 bits per heavy atom. The van der Waals surface area contributed by atoms with Crippen molar-refractivity contribution in [3.05, 3.63) is 46.4 Å². The highest BCUT2D eigenvalue weighted by Gasteiger charge is 2.15. The van der Waals surface area contributed by atoms with Crippen LogP contribution in [0.2, 0.25) is 10.0 Å². The Balaban J connectivity index is 2.35. The summed E-state index contributed by atoms with van der Waals surface area (Å²) in [6.07, 6.45) is 0. The Kier molecular flexibility index (Phi) is 5.06. The summed E-state index contributed by atoms with van der Waals surface area (Å²) >= 11 is 13.4. The average Bonchev–Trinajstić information content (AvgIpc) is 2.43. The lowest BCUT2D eigenvalue weighted by atomic mass is 10.3. The fourth-order valence-electron chi connectivity index (χ4n) is 1.63. The molecular weight excluding hydrogens is 351 g/mol. The van der Waals surface area contributed by atoms with E-state index in [4.69, 9.17) is 28.9 Å². The monoisotopic (exact) mass is 362 g/mol. The lowest BCUT2D eigenvalue weighted by molar-refractivity contribution is 0.588. The second-order valence-electron chi connectivity index (χ2n) is 4.08. The smallest absolute Gasteiger partial charge is 0.242 e. The fraction of sp³-hybridized carbons (Fsp3) is 0.0769. The van der Waals surface area contributed by atoms with Gasteiger partial charge < -0.3 is 5.73 Å². The largest absolute Gasteiger partial charge is 0.398 e. The average molecular weight is 363 g/mol. The molecule has 0 aromatic heterocycles. The van der Waals surface area contributed by atoms with E-state index in [2.05, 4.69) is 4.72 Å². The zero-order valence-corrected chi connectivity index (χ0v) is 14.1. The molecule has 0 saturated carbocycles. The molecule has 0 fully saturated rings. The maximum atomic E-state index is 11.8. The van der Waals surface area contributed by atoms with E-state index in [1.165, 1.54) is 24.9 Å². The molecule has 2 aromatic carbocycles. The van der Waals surface area contributed by atoms with Crippen LogP contribution in [0.1, 0.15) is 0 Å². The number of nitrogen functional groups attached to an aromatic ring is 1. The molecule has 2 rings (SSSR count). The van der Waals surface area contributed by atoms with E-state index in [1.54, 1.807) is 30.3 Å². The number of sulfonamides is 1. The summed E-state index contributed by atoms with van der Waals surface area (Å²) in [4.78, 5) is 1.59. The highest BCUT2D eigenvalue weighted by atomic mass is 35.5. The third-order valence-electron chi connectivity index (χ3n) is 2.66. The van der Waals surface area contributed by atoms with Crippen LogP contribution in [0.4, 0.5) is 5.69 Å². The van der Waals surface area contributed by atoms with Gasteiger partial charge in [0.2, 0.25) is 10.0 Å². The van der Waals surface area contributed by atoms with Crippen LogP contribution in [0.25, 0.3) is 0 Å². The number of hydrogen-bond acceptors (Lipinski definition) is 4. The van der Waals surface area contributed by atoms with E-state index in [0.29, 0.717) is 10.0 Å². The number of hydrogen-bond donors (Lipinski definition) is 2.